The first-order valence-corrected chi connectivity index (χ1v) is 4.08. The average molecular weight is 200 g/mol. The molecule has 0 radical (unpaired) electrons. The lowest BCUT2D eigenvalue weighted by Crippen LogP contribution is -2.12. The summed E-state index contributed by atoms with van der Waals surface area (Å²) in [6.07, 6.45) is 0. The van der Waals surface area contributed by atoms with E-state index in [1.165, 1.54) is 0 Å². The minimum absolute atomic E-state index is 0.319. The molecule has 13 heavy (non-hydrogen) atoms. The lowest BCUT2D eigenvalue weighted by Gasteiger charge is -2.08. The third kappa shape index (κ3) is 1.75. The summed E-state index contributed by atoms with van der Waals surface area (Å²) in [6.45, 7) is 1.77. The third-order valence-corrected chi connectivity index (χ3v) is 2.31. The Balaban J connectivity index is 3.31. The quantitative estimate of drug-likeness (QED) is 0.789. The molecular formula is C9H10ClNO2. The second kappa shape index (κ2) is 3.66. The van der Waals surface area contributed by atoms with Crippen molar-refractivity contribution in [3.8, 4) is 5.75 Å². The number of rotatable bonds is 2. The Morgan fingerprint density at radius 2 is 2.15 bits per heavy atom. The second-order valence-corrected chi connectivity index (χ2v) is 3.00. The Morgan fingerprint density at radius 3 is 2.62 bits per heavy atom. The largest absolute Gasteiger partial charge is 0.496 e. The predicted molar refractivity (Wildman–Crippen MR) is 51.3 cm³/mol. The van der Waals surface area contributed by atoms with Gasteiger partial charge in [0.05, 0.1) is 17.7 Å². The van der Waals surface area contributed by atoms with Gasteiger partial charge in [-0.15, -0.1) is 0 Å². The molecule has 1 amide bonds. The van der Waals surface area contributed by atoms with E-state index < -0.39 is 5.91 Å². The summed E-state index contributed by atoms with van der Waals surface area (Å²) in [7, 11) is 1.54. The summed E-state index contributed by atoms with van der Waals surface area (Å²) in [5.74, 6) is 0.116. The summed E-state index contributed by atoms with van der Waals surface area (Å²) in [4.78, 5) is 10.9. The highest BCUT2D eigenvalue weighted by Crippen LogP contribution is 2.28. The molecule has 0 bridgehead atoms. The van der Waals surface area contributed by atoms with Crippen LogP contribution in [0.5, 0.6) is 5.75 Å². The smallest absolute Gasteiger partial charge is 0.250 e. The molecule has 0 aliphatic heterocycles. The van der Waals surface area contributed by atoms with Crippen molar-refractivity contribution < 1.29 is 9.53 Å². The fourth-order valence-corrected chi connectivity index (χ4v) is 1.33. The number of benzene rings is 1. The molecule has 0 unspecified atom stereocenters. The second-order valence-electron chi connectivity index (χ2n) is 2.62. The van der Waals surface area contributed by atoms with E-state index in [9.17, 15) is 4.79 Å². The van der Waals surface area contributed by atoms with Gasteiger partial charge in [-0.1, -0.05) is 11.6 Å². The number of hydrogen-bond acceptors (Lipinski definition) is 2. The van der Waals surface area contributed by atoms with Gasteiger partial charge in [-0.05, 0) is 19.1 Å². The number of primary amides is 1. The van der Waals surface area contributed by atoms with Crippen molar-refractivity contribution in [2.24, 2.45) is 5.73 Å². The highest BCUT2D eigenvalue weighted by molar-refractivity contribution is 6.34. The number of methoxy groups -OCH3 is 1. The van der Waals surface area contributed by atoms with Gasteiger partial charge in [-0.3, -0.25) is 4.79 Å². The molecule has 0 saturated carbocycles. The Labute approximate surface area is 81.4 Å². The molecule has 2 N–H and O–H groups in total. The molecule has 1 aromatic rings. The molecule has 0 atom stereocenters. The fourth-order valence-electron chi connectivity index (χ4n) is 1.08. The molecule has 0 saturated heterocycles. The van der Waals surface area contributed by atoms with E-state index in [-0.39, 0.29) is 0 Å². The molecule has 3 nitrogen and oxygen atoms in total. The van der Waals surface area contributed by atoms with Crippen LogP contribution in [0.3, 0.4) is 0 Å². The standard InChI is InChI=1S/C9H10ClNO2/c1-5-7(13-2)4-3-6(8(5)10)9(11)12/h3-4H,1-2H3,(H2,11,12). The molecule has 0 heterocycles. The number of nitrogens with two attached hydrogens (primary N) is 1. The molecule has 1 rings (SSSR count). The fraction of sp³-hybridized carbons (Fsp3) is 0.222. The van der Waals surface area contributed by atoms with E-state index in [4.69, 9.17) is 22.1 Å². The average Bonchev–Trinajstić information content (AvgIpc) is 2.09. The normalized spacial score (nSPS) is 9.77. The highest BCUT2D eigenvalue weighted by Gasteiger charge is 2.11. The zero-order valence-corrected chi connectivity index (χ0v) is 8.18. The van der Waals surface area contributed by atoms with Crippen molar-refractivity contribution in [1.29, 1.82) is 0 Å². The first-order valence-electron chi connectivity index (χ1n) is 3.70. The van der Waals surface area contributed by atoms with Crippen molar-refractivity contribution in [2.75, 3.05) is 7.11 Å². The SMILES string of the molecule is COc1ccc(C(N)=O)c(Cl)c1C. The number of amides is 1. The molecule has 0 aromatic heterocycles. The van der Waals surface area contributed by atoms with E-state index in [2.05, 4.69) is 0 Å². The van der Waals surface area contributed by atoms with Crippen molar-refractivity contribution in [2.45, 2.75) is 6.92 Å². The van der Waals surface area contributed by atoms with Crippen LogP contribution in [0.4, 0.5) is 0 Å². The van der Waals surface area contributed by atoms with Crippen LogP contribution in [-0.2, 0) is 0 Å². The van der Waals surface area contributed by atoms with E-state index in [1.54, 1.807) is 26.2 Å². The van der Waals surface area contributed by atoms with Gasteiger partial charge in [0.25, 0.3) is 0 Å². The van der Waals surface area contributed by atoms with Crippen molar-refractivity contribution >= 4 is 17.5 Å². The van der Waals surface area contributed by atoms with Crippen LogP contribution < -0.4 is 10.5 Å². The zero-order valence-electron chi connectivity index (χ0n) is 7.43. The van der Waals surface area contributed by atoms with Gasteiger partial charge in [0.1, 0.15) is 5.75 Å². The number of hydrogen-bond donors (Lipinski definition) is 1. The molecule has 0 fully saturated rings. The van der Waals surface area contributed by atoms with Crippen LogP contribution >= 0.6 is 11.6 Å². The number of carbonyl (C=O) groups is 1. The van der Waals surface area contributed by atoms with Crippen molar-refractivity contribution in [3.63, 3.8) is 0 Å². The molecule has 70 valence electrons. The summed E-state index contributed by atoms with van der Waals surface area (Å²) in [5, 5.41) is 0.354. The first-order chi connectivity index (χ1) is 6.07. The molecule has 0 aliphatic rings. The summed E-state index contributed by atoms with van der Waals surface area (Å²) in [5.41, 5.74) is 6.15. The van der Waals surface area contributed by atoms with Gasteiger partial charge >= 0.3 is 0 Å². The summed E-state index contributed by atoms with van der Waals surface area (Å²) >= 11 is 5.89. The maximum Gasteiger partial charge on any atom is 0.250 e. The van der Waals surface area contributed by atoms with Gasteiger partial charge in [0.2, 0.25) is 5.91 Å². The first kappa shape index (κ1) is 9.86. The third-order valence-electron chi connectivity index (χ3n) is 1.82. The maximum atomic E-state index is 10.9. The summed E-state index contributed by atoms with van der Waals surface area (Å²) in [6, 6.07) is 3.22. The summed E-state index contributed by atoms with van der Waals surface area (Å²) < 4.78 is 5.02. The molecule has 0 aliphatic carbocycles. The van der Waals surface area contributed by atoms with Crippen molar-refractivity contribution in [1.82, 2.24) is 0 Å². The van der Waals surface area contributed by atoms with E-state index in [0.717, 1.165) is 5.56 Å². The lowest BCUT2D eigenvalue weighted by atomic mass is 10.1. The van der Waals surface area contributed by atoms with Gasteiger partial charge in [-0.2, -0.15) is 0 Å². The lowest BCUT2D eigenvalue weighted by molar-refractivity contribution is 0.100. The van der Waals surface area contributed by atoms with Crippen LogP contribution in [-0.4, -0.2) is 13.0 Å². The molecule has 4 heteroatoms. The Hall–Kier alpha value is -1.22. The van der Waals surface area contributed by atoms with Crippen LogP contribution in [0.25, 0.3) is 0 Å². The highest BCUT2D eigenvalue weighted by atomic mass is 35.5. The molecule has 0 spiro atoms. The number of ether oxygens (including phenoxy) is 1. The Bertz CT molecular complexity index is 350. The van der Waals surface area contributed by atoms with Crippen LogP contribution in [0.15, 0.2) is 12.1 Å². The monoisotopic (exact) mass is 199 g/mol. The van der Waals surface area contributed by atoms with Gasteiger partial charge in [0.15, 0.2) is 0 Å². The van der Waals surface area contributed by atoms with Crippen LogP contribution in [0, 0.1) is 6.92 Å². The van der Waals surface area contributed by atoms with Crippen LogP contribution in [0.2, 0.25) is 5.02 Å². The number of halogens is 1. The molecule has 1 aromatic carbocycles. The maximum absolute atomic E-state index is 10.9. The topological polar surface area (TPSA) is 52.3 Å². The van der Waals surface area contributed by atoms with Gasteiger partial charge in [0, 0.05) is 5.56 Å². The van der Waals surface area contributed by atoms with Gasteiger partial charge < -0.3 is 10.5 Å². The predicted octanol–water partition coefficient (Wildman–Crippen LogP) is 1.76. The Morgan fingerprint density at radius 1 is 1.54 bits per heavy atom. The van der Waals surface area contributed by atoms with E-state index in [1.807, 2.05) is 0 Å². The van der Waals surface area contributed by atoms with Crippen molar-refractivity contribution in [3.05, 3.63) is 28.3 Å². The minimum atomic E-state index is -0.532. The van der Waals surface area contributed by atoms with E-state index in [0.29, 0.717) is 16.3 Å². The minimum Gasteiger partial charge on any atom is -0.496 e. The number of carbonyl (C=O) groups excluding carboxylic acids is 1. The van der Waals surface area contributed by atoms with E-state index >= 15 is 0 Å². The van der Waals surface area contributed by atoms with Crippen LogP contribution in [0.1, 0.15) is 15.9 Å². The molecular weight excluding hydrogens is 190 g/mol. The Kier molecular flexibility index (Phi) is 2.78. The zero-order chi connectivity index (χ0) is 10.0. The van der Waals surface area contributed by atoms with Gasteiger partial charge in [-0.25, -0.2) is 0 Å².